The smallest absolute Gasteiger partial charge is 0.127 e. The molecule has 0 amide bonds. The third-order valence-electron chi connectivity index (χ3n) is 5.98. The van der Waals surface area contributed by atoms with Crippen molar-refractivity contribution < 1.29 is 9.80 Å². The zero-order valence-corrected chi connectivity index (χ0v) is 12.2. The number of piperazine rings is 1. The maximum Gasteiger partial charge on any atom is 0.127 e. The summed E-state index contributed by atoms with van der Waals surface area (Å²) in [5.41, 5.74) is 0. The van der Waals surface area contributed by atoms with Crippen molar-refractivity contribution in [3.05, 3.63) is 0 Å². The van der Waals surface area contributed by atoms with Crippen LogP contribution < -0.4 is 9.80 Å². The summed E-state index contributed by atoms with van der Waals surface area (Å²) in [7, 11) is 0. The average molecular weight is 252 g/mol. The first-order valence-electron chi connectivity index (χ1n) is 8.52. The van der Waals surface area contributed by atoms with Crippen molar-refractivity contribution in [1.82, 2.24) is 0 Å². The largest absolute Gasteiger partial charge is 0.323 e. The fourth-order valence-corrected chi connectivity index (χ4v) is 4.85. The predicted octanol–water partition coefficient (Wildman–Crippen LogP) is 0.291. The molecule has 1 saturated heterocycles. The van der Waals surface area contributed by atoms with E-state index in [1.54, 1.807) is 0 Å². The maximum atomic E-state index is 2.46. The number of quaternary nitrogens is 2. The highest BCUT2D eigenvalue weighted by Crippen LogP contribution is 2.22. The fourth-order valence-electron chi connectivity index (χ4n) is 4.85. The summed E-state index contributed by atoms with van der Waals surface area (Å²) < 4.78 is 0. The van der Waals surface area contributed by atoms with Gasteiger partial charge in [-0.3, -0.25) is 0 Å². The molecule has 3 aliphatic rings. The first-order valence-corrected chi connectivity index (χ1v) is 8.52. The van der Waals surface area contributed by atoms with Crippen molar-refractivity contribution in [2.45, 2.75) is 70.4 Å². The van der Waals surface area contributed by atoms with Gasteiger partial charge < -0.3 is 9.80 Å². The molecular formula is C16H32N2+2. The van der Waals surface area contributed by atoms with Crippen LogP contribution in [-0.4, -0.2) is 38.3 Å². The zero-order chi connectivity index (χ0) is 12.4. The highest BCUT2D eigenvalue weighted by molar-refractivity contribution is 4.70. The Morgan fingerprint density at radius 2 is 1.22 bits per heavy atom. The van der Waals surface area contributed by atoms with Gasteiger partial charge in [0, 0.05) is 6.42 Å². The quantitative estimate of drug-likeness (QED) is 0.699. The van der Waals surface area contributed by atoms with E-state index in [1.807, 2.05) is 9.80 Å². The normalized spacial score (nSPS) is 43.2. The first kappa shape index (κ1) is 12.9. The Bertz CT molecular complexity index is 252. The topological polar surface area (TPSA) is 8.88 Å². The molecule has 0 radical (unpaired) electrons. The minimum atomic E-state index is 0.997. The molecule has 1 heterocycles. The minimum absolute atomic E-state index is 0.997. The standard InChI is InChI=1S/C16H30N2/c1-14-5-4-8-16(13-14)18-11-9-17(10-12-18)15-6-2-3-7-15/h14-16H,2-13H2,1H3/p+2/t14-,16-/m0/s1. The Hall–Kier alpha value is -0.0800. The molecule has 0 aromatic carbocycles. The molecule has 2 nitrogen and oxygen atoms in total. The molecule has 104 valence electrons. The second-order valence-electron chi connectivity index (χ2n) is 7.27. The molecule has 0 unspecified atom stereocenters. The third-order valence-corrected chi connectivity index (χ3v) is 5.98. The van der Waals surface area contributed by atoms with Crippen LogP contribution in [0.2, 0.25) is 0 Å². The van der Waals surface area contributed by atoms with Crippen LogP contribution in [0.4, 0.5) is 0 Å². The lowest BCUT2D eigenvalue weighted by Crippen LogP contribution is -3.31. The van der Waals surface area contributed by atoms with Crippen molar-refractivity contribution in [1.29, 1.82) is 0 Å². The Balaban J connectivity index is 1.47. The van der Waals surface area contributed by atoms with Gasteiger partial charge in [0.25, 0.3) is 0 Å². The Labute approximate surface area is 113 Å². The lowest BCUT2D eigenvalue weighted by molar-refractivity contribution is -1.03. The van der Waals surface area contributed by atoms with E-state index < -0.39 is 0 Å². The molecule has 1 aliphatic heterocycles. The van der Waals surface area contributed by atoms with E-state index in [0.717, 1.165) is 18.0 Å². The van der Waals surface area contributed by atoms with E-state index >= 15 is 0 Å². The zero-order valence-electron chi connectivity index (χ0n) is 12.2. The highest BCUT2D eigenvalue weighted by Gasteiger charge is 2.35. The van der Waals surface area contributed by atoms with Gasteiger partial charge >= 0.3 is 0 Å². The van der Waals surface area contributed by atoms with Gasteiger partial charge in [-0.2, -0.15) is 0 Å². The Kier molecular flexibility index (Phi) is 4.25. The van der Waals surface area contributed by atoms with Crippen molar-refractivity contribution >= 4 is 0 Å². The van der Waals surface area contributed by atoms with Gasteiger partial charge in [-0.1, -0.05) is 13.3 Å². The molecule has 0 bridgehead atoms. The molecule has 2 aliphatic carbocycles. The van der Waals surface area contributed by atoms with Crippen LogP contribution in [0.15, 0.2) is 0 Å². The molecule has 3 rings (SSSR count). The Morgan fingerprint density at radius 3 is 1.83 bits per heavy atom. The molecule has 18 heavy (non-hydrogen) atoms. The average Bonchev–Trinajstić information content (AvgIpc) is 2.93. The van der Waals surface area contributed by atoms with Gasteiger partial charge in [0.1, 0.15) is 26.2 Å². The molecule has 3 fully saturated rings. The molecular weight excluding hydrogens is 220 g/mol. The van der Waals surface area contributed by atoms with Crippen LogP contribution in [0.1, 0.15) is 58.3 Å². The van der Waals surface area contributed by atoms with Crippen LogP contribution >= 0.6 is 0 Å². The summed E-state index contributed by atoms with van der Waals surface area (Å²) in [4.78, 5) is 3.92. The number of nitrogens with one attached hydrogen (secondary N) is 2. The molecule has 0 aromatic rings. The van der Waals surface area contributed by atoms with Crippen LogP contribution in [0.3, 0.4) is 0 Å². The number of hydrogen-bond acceptors (Lipinski definition) is 0. The summed E-state index contributed by atoms with van der Waals surface area (Å²) in [6, 6.07) is 2.05. The van der Waals surface area contributed by atoms with Crippen molar-refractivity contribution in [2.24, 2.45) is 5.92 Å². The van der Waals surface area contributed by atoms with Crippen molar-refractivity contribution in [3.8, 4) is 0 Å². The monoisotopic (exact) mass is 252 g/mol. The lowest BCUT2D eigenvalue weighted by atomic mass is 9.86. The molecule has 0 spiro atoms. The molecule has 2 atom stereocenters. The summed E-state index contributed by atoms with van der Waals surface area (Å²) in [6.07, 6.45) is 12.1. The maximum absolute atomic E-state index is 2.46. The van der Waals surface area contributed by atoms with E-state index in [0.29, 0.717) is 0 Å². The number of rotatable bonds is 2. The van der Waals surface area contributed by atoms with Crippen molar-refractivity contribution in [3.63, 3.8) is 0 Å². The summed E-state index contributed by atoms with van der Waals surface area (Å²) in [5, 5.41) is 0. The predicted molar refractivity (Wildman–Crippen MR) is 75.1 cm³/mol. The van der Waals surface area contributed by atoms with E-state index in [1.165, 1.54) is 77.5 Å². The molecule has 2 heteroatoms. The first-order chi connectivity index (χ1) is 8.83. The summed E-state index contributed by atoms with van der Waals surface area (Å²) in [6.45, 7) is 8.31. The summed E-state index contributed by atoms with van der Waals surface area (Å²) in [5.74, 6) is 0.997. The lowest BCUT2D eigenvalue weighted by Gasteiger charge is -2.39. The highest BCUT2D eigenvalue weighted by atomic mass is 15.3. The van der Waals surface area contributed by atoms with Crippen LogP contribution in [0, 0.1) is 5.92 Å². The van der Waals surface area contributed by atoms with Crippen LogP contribution in [0.25, 0.3) is 0 Å². The number of hydrogen-bond donors (Lipinski definition) is 2. The molecule has 2 N–H and O–H groups in total. The Morgan fingerprint density at radius 1 is 0.667 bits per heavy atom. The van der Waals surface area contributed by atoms with Crippen LogP contribution in [-0.2, 0) is 0 Å². The van der Waals surface area contributed by atoms with E-state index in [9.17, 15) is 0 Å². The van der Waals surface area contributed by atoms with Gasteiger partial charge in [-0.15, -0.1) is 0 Å². The SMILES string of the molecule is C[C@H]1CCC[C@H]([NH+]2CC[NH+](C3CCCC3)CC2)C1. The van der Waals surface area contributed by atoms with Gasteiger partial charge in [-0.25, -0.2) is 0 Å². The molecule has 2 saturated carbocycles. The van der Waals surface area contributed by atoms with Gasteiger partial charge in [0.2, 0.25) is 0 Å². The van der Waals surface area contributed by atoms with Crippen molar-refractivity contribution in [2.75, 3.05) is 26.2 Å². The van der Waals surface area contributed by atoms with E-state index in [4.69, 9.17) is 0 Å². The fraction of sp³-hybridized carbons (Fsp3) is 1.00. The van der Waals surface area contributed by atoms with E-state index in [2.05, 4.69) is 6.92 Å². The van der Waals surface area contributed by atoms with Gasteiger partial charge in [-0.05, 0) is 44.4 Å². The minimum Gasteiger partial charge on any atom is -0.323 e. The van der Waals surface area contributed by atoms with Gasteiger partial charge in [0.05, 0.1) is 12.1 Å². The second-order valence-corrected chi connectivity index (χ2v) is 7.27. The van der Waals surface area contributed by atoms with Gasteiger partial charge in [0.15, 0.2) is 0 Å². The van der Waals surface area contributed by atoms with Crippen LogP contribution in [0.5, 0.6) is 0 Å². The summed E-state index contributed by atoms with van der Waals surface area (Å²) >= 11 is 0. The molecule has 0 aromatic heterocycles. The third kappa shape index (κ3) is 2.91. The van der Waals surface area contributed by atoms with E-state index in [-0.39, 0.29) is 0 Å². The second kappa shape index (κ2) is 5.92.